The maximum Gasteiger partial charge on any atom is 0.243 e. The van der Waals surface area contributed by atoms with Crippen molar-refractivity contribution in [2.24, 2.45) is 5.92 Å². The number of sulfone groups is 1. The van der Waals surface area contributed by atoms with E-state index in [1.807, 2.05) is 0 Å². The van der Waals surface area contributed by atoms with Gasteiger partial charge in [-0.1, -0.05) is 30.7 Å². The predicted octanol–water partition coefficient (Wildman–Crippen LogP) is 2.91. The number of likely N-dealkylation sites (tertiary alicyclic amines) is 2. The zero-order chi connectivity index (χ0) is 25.7. The number of piperidine rings is 1. The Morgan fingerprint density at radius 2 is 1.83 bits per heavy atom. The van der Waals surface area contributed by atoms with E-state index in [9.17, 15) is 23.3 Å². The van der Waals surface area contributed by atoms with Crippen LogP contribution in [0.4, 0.5) is 0 Å². The van der Waals surface area contributed by atoms with E-state index in [-0.39, 0.29) is 41.1 Å². The summed E-state index contributed by atoms with van der Waals surface area (Å²) < 4.78 is 27.1. The zero-order valence-corrected chi connectivity index (χ0v) is 22.2. The van der Waals surface area contributed by atoms with Gasteiger partial charge in [0, 0.05) is 19.0 Å². The highest BCUT2D eigenvalue weighted by Gasteiger charge is 2.59. The summed E-state index contributed by atoms with van der Waals surface area (Å²) >= 11 is 6.24. The fourth-order valence-corrected chi connectivity index (χ4v) is 8.06. The van der Waals surface area contributed by atoms with Crippen molar-refractivity contribution in [3.8, 4) is 6.07 Å². The molecule has 2 saturated heterocycles. The number of carbonyl (C=O) groups excluding carboxylic acids is 2. The molecule has 0 aromatic heterocycles. The molecule has 0 bridgehead atoms. The first-order chi connectivity index (χ1) is 17.1. The SMILES string of the molecule is CC1CCN(C2(C(=O)N3C[C@H](S(=O)(=O)c4ccccc4Cl)C[C@@H]3CC(=O)NC3(C#N)CC3)CC2)CC1. The molecular formula is C26H33ClN4O4S. The molecule has 0 unspecified atom stereocenters. The van der Waals surface area contributed by atoms with E-state index >= 15 is 0 Å². The molecule has 2 aliphatic carbocycles. The number of benzene rings is 1. The molecule has 2 aliphatic heterocycles. The largest absolute Gasteiger partial charge is 0.338 e. The lowest BCUT2D eigenvalue weighted by Gasteiger charge is -2.39. The highest BCUT2D eigenvalue weighted by molar-refractivity contribution is 7.92. The lowest BCUT2D eigenvalue weighted by atomic mass is 9.96. The van der Waals surface area contributed by atoms with E-state index in [1.54, 1.807) is 23.1 Å². The number of nitriles is 1. The Balaban J connectivity index is 1.39. The van der Waals surface area contributed by atoms with Crippen LogP contribution in [-0.2, 0) is 19.4 Å². The highest BCUT2D eigenvalue weighted by Crippen LogP contribution is 2.47. The molecule has 2 amide bonds. The van der Waals surface area contributed by atoms with Gasteiger partial charge in [0.1, 0.15) is 11.1 Å². The molecule has 0 radical (unpaired) electrons. The topological polar surface area (TPSA) is 111 Å². The Hall–Kier alpha value is -2.15. The van der Waals surface area contributed by atoms with Crippen LogP contribution in [0.25, 0.3) is 0 Å². The lowest BCUT2D eigenvalue weighted by molar-refractivity contribution is -0.141. The Morgan fingerprint density at radius 3 is 2.42 bits per heavy atom. The second-order valence-electron chi connectivity index (χ2n) is 11.1. The first kappa shape index (κ1) is 25.5. The molecular weight excluding hydrogens is 500 g/mol. The summed E-state index contributed by atoms with van der Waals surface area (Å²) in [5.74, 6) is 0.257. The Kier molecular flexibility index (Phi) is 6.59. The molecule has 1 N–H and O–H groups in total. The third-order valence-electron chi connectivity index (χ3n) is 8.49. The normalized spacial score (nSPS) is 27.3. The van der Waals surface area contributed by atoms with Crippen LogP contribution >= 0.6 is 11.6 Å². The van der Waals surface area contributed by atoms with Gasteiger partial charge >= 0.3 is 0 Å². The molecule has 1 aromatic carbocycles. The number of carbonyl (C=O) groups is 2. The Labute approximate surface area is 217 Å². The average Bonchev–Trinajstić information content (AvgIpc) is 3.77. The van der Waals surface area contributed by atoms with Gasteiger partial charge in [0.05, 0.1) is 21.2 Å². The Morgan fingerprint density at radius 1 is 1.17 bits per heavy atom. The molecule has 0 spiro atoms. The summed E-state index contributed by atoms with van der Waals surface area (Å²) in [7, 11) is -3.81. The molecule has 2 heterocycles. The average molecular weight is 533 g/mol. The molecule has 4 fully saturated rings. The van der Waals surface area contributed by atoms with E-state index < -0.39 is 32.2 Å². The van der Waals surface area contributed by atoms with Crippen molar-refractivity contribution < 1.29 is 18.0 Å². The fourth-order valence-electron chi connectivity index (χ4n) is 5.81. The second-order valence-corrected chi connectivity index (χ2v) is 13.7. The van der Waals surface area contributed by atoms with Crippen molar-refractivity contribution in [1.29, 1.82) is 5.26 Å². The first-order valence-corrected chi connectivity index (χ1v) is 14.8. The third-order valence-corrected chi connectivity index (χ3v) is 11.1. The number of amides is 2. The molecule has 36 heavy (non-hydrogen) atoms. The van der Waals surface area contributed by atoms with Crippen LogP contribution < -0.4 is 5.32 Å². The summed E-state index contributed by atoms with van der Waals surface area (Å²) in [6, 6.07) is 7.96. The number of hydrogen-bond acceptors (Lipinski definition) is 6. The quantitative estimate of drug-likeness (QED) is 0.578. The molecule has 2 atom stereocenters. The maximum atomic E-state index is 14.0. The van der Waals surface area contributed by atoms with E-state index in [2.05, 4.69) is 23.2 Å². The molecule has 5 rings (SSSR count). The molecule has 4 aliphatic rings. The van der Waals surface area contributed by atoms with Crippen molar-refractivity contribution >= 4 is 33.3 Å². The minimum absolute atomic E-state index is 0.0170. The van der Waals surface area contributed by atoms with E-state index in [4.69, 9.17) is 11.6 Å². The van der Waals surface area contributed by atoms with Crippen molar-refractivity contribution in [3.63, 3.8) is 0 Å². The van der Waals surface area contributed by atoms with Gasteiger partial charge in [0.25, 0.3) is 0 Å². The van der Waals surface area contributed by atoms with Gasteiger partial charge in [-0.2, -0.15) is 5.26 Å². The van der Waals surface area contributed by atoms with Crippen LogP contribution in [0.3, 0.4) is 0 Å². The Bertz CT molecular complexity index is 1200. The monoisotopic (exact) mass is 532 g/mol. The highest BCUT2D eigenvalue weighted by atomic mass is 35.5. The third kappa shape index (κ3) is 4.64. The number of nitrogens with one attached hydrogen (secondary N) is 1. The van der Waals surface area contributed by atoms with E-state index in [1.165, 1.54) is 6.07 Å². The van der Waals surface area contributed by atoms with Crippen LogP contribution in [0.5, 0.6) is 0 Å². The van der Waals surface area contributed by atoms with Gasteiger partial charge in [-0.25, -0.2) is 8.42 Å². The van der Waals surface area contributed by atoms with Crippen LogP contribution in [0.1, 0.15) is 58.3 Å². The van der Waals surface area contributed by atoms with E-state index in [0.29, 0.717) is 18.8 Å². The lowest BCUT2D eigenvalue weighted by Crippen LogP contribution is -2.54. The van der Waals surface area contributed by atoms with E-state index in [0.717, 1.165) is 38.8 Å². The van der Waals surface area contributed by atoms with Crippen molar-refractivity contribution in [2.45, 2.75) is 85.6 Å². The van der Waals surface area contributed by atoms with Crippen molar-refractivity contribution in [1.82, 2.24) is 15.1 Å². The van der Waals surface area contributed by atoms with Gasteiger partial charge in [-0.15, -0.1) is 0 Å². The maximum absolute atomic E-state index is 14.0. The summed E-state index contributed by atoms with van der Waals surface area (Å²) in [6.45, 7) is 3.99. The van der Waals surface area contributed by atoms with Gasteiger partial charge in [-0.05, 0) is 76.1 Å². The van der Waals surface area contributed by atoms with Crippen molar-refractivity contribution in [2.75, 3.05) is 19.6 Å². The number of hydrogen-bond donors (Lipinski definition) is 1. The molecule has 194 valence electrons. The number of nitrogens with zero attached hydrogens (tertiary/aromatic N) is 3. The zero-order valence-electron chi connectivity index (χ0n) is 20.6. The van der Waals surface area contributed by atoms with Crippen LogP contribution in [0.2, 0.25) is 5.02 Å². The molecule has 1 aromatic rings. The summed E-state index contributed by atoms with van der Waals surface area (Å²) in [4.78, 5) is 30.9. The molecule has 2 saturated carbocycles. The van der Waals surface area contributed by atoms with Crippen LogP contribution in [0, 0.1) is 17.2 Å². The fraction of sp³-hybridized carbons (Fsp3) is 0.654. The molecule has 10 heteroatoms. The van der Waals surface area contributed by atoms with Crippen LogP contribution in [0.15, 0.2) is 29.2 Å². The summed E-state index contributed by atoms with van der Waals surface area (Å²) in [5, 5.41) is 11.5. The van der Waals surface area contributed by atoms with Gasteiger partial charge in [-0.3, -0.25) is 14.5 Å². The van der Waals surface area contributed by atoms with Gasteiger partial charge < -0.3 is 10.2 Å². The second kappa shape index (κ2) is 9.30. The summed E-state index contributed by atoms with van der Waals surface area (Å²) in [6.07, 6.45) is 4.98. The number of halogens is 1. The minimum Gasteiger partial charge on any atom is -0.338 e. The first-order valence-electron chi connectivity index (χ1n) is 12.9. The van der Waals surface area contributed by atoms with Crippen LogP contribution in [-0.4, -0.2) is 72.0 Å². The van der Waals surface area contributed by atoms with Gasteiger partial charge in [0.2, 0.25) is 11.8 Å². The molecule has 8 nitrogen and oxygen atoms in total. The number of rotatable bonds is 7. The summed E-state index contributed by atoms with van der Waals surface area (Å²) in [5.41, 5.74) is -1.39. The standard InChI is InChI=1S/C26H33ClN4O4S/c1-18-6-12-30(13-7-18)26(10-11-26)24(33)31-16-20(36(34,35)22-5-3-2-4-21(22)27)14-19(31)15-23(32)29-25(17-28)8-9-25/h2-5,18-20H,6-16H2,1H3,(H,29,32)/t19-,20-/m1/s1. The predicted molar refractivity (Wildman–Crippen MR) is 135 cm³/mol. The van der Waals surface area contributed by atoms with Gasteiger partial charge in [0.15, 0.2) is 9.84 Å². The smallest absolute Gasteiger partial charge is 0.243 e. The minimum atomic E-state index is -3.81. The van der Waals surface area contributed by atoms with Crippen molar-refractivity contribution in [3.05, 3.63) is 29.3 Å².